The lowest BCUT2D eigenvalue weighted by Gasteiger charge is -2.36. The van der Waals surface area contributed by atoms with Crippen LogP contribution in [0.1, 0.15) is 43.7 Å². The van der Waals surface area contributed by atoms with Crippen molar-refractivity contribution >= 4 is 0 Å². The molecule has 1 aliphatic heterocycles. The van der Waals surface area contributed by atoms with E-state index in [0.717, 1.165) is 56.4 Å². The Morgan fingerprint density at radius 1 is 1.00 bits per heavy atom. The summed E-state index contributed by atoms with van der Waals surface area (Å²) in [6, 6.07) is 22.9. The summed E-state index contributed by atoms with van der Waals surface area (Å²) in [5, 5.41) is 20.3. The predicted octanol–water partition coefficient (Wildman–Crippen LogP) is 4.12. The monoisotopic (exact) mass is 348 g/mol. The summed E-state index contributed by atoms with van der Waals surface area (Å²) in [6.07, 6.45) is 3.41. The van der Waals surface area contributed by atoms with Crippen LogP contribution in [0.4, 0.5) is 0 Å². The Balaban J connectivity index is 1.74. The Morgan fingerprint density at radius 3 is 1.96 bits per heavy atom. The SMILES string of the molecule is CC1(O)CCN(CCCC(C#N)(c2ccccc2)c2ccccc2)CC1. The largest absolute Gasteiger partial charge is 0.390 e. The lowest BCUT2D eigenvalue weighted by molar-refractivity contribution is -0.00566. The second-order valence-electron chi connectivity index (χ2n) is 7.69. The molecule has 0 radical (unpaired) electrons. The molecular weight excluding hydrogens is 320 g/mol. The first-order valence-corrected chi connectivity index (χ1v) is 9.53. The molecule has 0 amide bonds. The van der Waals surface area contributed by atoms with E-state index in [9.17, 15) is 10.4 Å². The number of hydrogen-bond donors (Lipinski definition) is 1. The van der Waals surface area contributed by atoms with E-state index in [-0.39, 0.29) is 0 Å². The van der Waals surface area contributed by atoms with E-state index >= 15 is 0 Å². The fourth-order valence-electron chi connectivity index (χ4n) is 3.91. The highest BCUT2D eigenvalue weighted by molar-refractivity contribution is 5.45. The Labute approximate surface area is 156 Å². The van der Waals surface area contributed by atoms with Gasteiger partial charge < -0.3 is 10.0 Å². The fraction of sp³-hybridized carbons (Fsp3) is 0.435. The Hall–Kier alpha value is -2.15. The lowest BCUT2D eigenvalue weighted by atomic mass is 9.72. The highest BCUT2D eigenvalue weighted by Gasteiger charge is 2.34. The molecule has 3 nitrogen and oxygen atoms in total. The molecule has 0 atom stereocenters. The average molecular weight is 348 g/mol. The van der Waals surface area contributed by atoms with Crippen molar-refractivity contribution in [3.63, 3.8) is 0 Å². The highest BCUT2D eigenvalue weighted by Crippen LogP contribution is 2.36. The summed E-state index contributed by atoms with van der Waals surface area (Å²) in [7, 11) is 0. The number of piperidine rings is 1. The van der Waals surface area contributed by atoms with Crippen LogP contribution >= 0.6 is 0 Å². The van der Waals surface area contributed by atoms with Crippen LogP contribution in [0, 0.1) is 11.3 Å². The molecule has 0 unspecified atom stereocenters. The molecule has 0 aliphatic carbocycles. The van der Waals surface area contributed by atoms with Crippen molar-refractivity contribution in [3.8, 4) is 6.07 Å². The second-order valence-corrected chi connectivity index (χ2v) is 7.69. The first-order chi connectivity index (χ1) is 12.6. The molecule has 0 saturated carbocycles. The summed E-state index contributed by atoms with van der Waals surface area (Å²) >= 11 is 0. The average Bonchev–Trinajstić information content (AvgIpc) is 2.68. The van der Waals surface area contributed by atoms with Gasteiger partial charge in [0.15, 0.2) is 0 Å². The van der Waals surface area contributed by atoms with Crippen LogP contribution < -0.4 is 0 Å². The zero-order valence-electron chi connectivity index (χ0n) is 15.6. The number of rotatable bonds is 6. The molecule has 3 heteroatoms. The molecule has 1 N–H and O–H groups in total. The Bertz CT molecular complexity index is 684. The van der Waals surface area contributed by atoms with Crippen molar-refractivity contribution in [3.05, 3.63) is 71.8 Å². The third-order valence-electron chi connectivity index (χ3n) is 5.68. The third kappa shape index (κ3) is 4.15. The zero-order chi connectivity index (χ0) is 18.5. The summed E-state index contributed by atoms with van der Waals surface area (Å²) < 4.78 is 0. The van der Waals surface area contributed by atoms with E-state index in [2.05, 4.69) is 35.2 Å². The van der Waals surface area contributed by atoms with Gasteiger partial charge in [0, 0.05) is 13.1 Å². The Morgan fingerprint density at radius 2 is 1.50 bits per heavy atom. The van der Waals surface area contributed by atoms with Gasteiger partial charge in [-0.2, -0.15) is 5.26 Å². The molecule has 0 spiro atoms. The van der Waals surface area contributed by atoms with E-state index in [1.807, 2.05) is 43.3 Å². The molecule has 26 heavy (non-hydrogen) atoms. The first-order valence-electron chi connectivity index (χ1n) is 9.53. The smallest absolute Gasteiger partial charge is 0.107 e. The van der Waals surface area contributed by atoms with Crippen molar-refractivity contribution in [2.75, 3.05) is 19.6 Å². The normalized spacial score (nSPS) is 17.6. The number of likely N-dealkylation sites (tertiary alicyclic amines) is 1. The second kappa shape index (κ2) is 8.03. The van der Waals surface area contributed by atoms with Crippen LogP contribution in [0.5, 0.6) is 0 Å². The van der Waals surface area contributed by atoms with Crippen molar-refractivity contribution < 1.29 is 5.11 Å². The van der Waals surface area contributed by atoms with Crippen LogP contribution in [0.25, 0.3) is 0 Å². The lowest BCUT2D eigenvalue weighted by Crippen LogP contribution is -2.43. The van der Waals surface area contributed by atoms with Crippen molar-refractivity contribution in [2.45, 2.75) is 43.6 Å². The van der Waals surface area contributed by atoms with Crippen molar-refractivity contribution in [1.29, 1.82) is 5.26 Å². The summed E-state index contributed by atoms with van der Waals surface area (Å²) in [5.41, 5.74) is 1.01. The molecule has 1 saturated heterocycles. The predicted molar refractivity (Wildman–Crippen MR) is 105 cm³/mol. The maximum absolute atomic E-state index is 10.2. The van der Waals surface area contributed by atoms with Gasteiger partial charge in [-0.25, -0.2) is 0 Å². The number of aliphatic hydroxyl groups is 1. The minimum atomic E-state index is -0.607. The number of benzene rings is 2. The van der Waals surface area contributed by atoms with Crippen molar-refractivity contribution in [2.24, 2.45) is 0 Å². The van der Waals surface area contributed by atoms with Gasteiger partial charge in [0.1, 0.15) is 5.41 Å². The minimum Gasteiger partial charge on any atom is -0.390 e. The molecule has 136 valence electrons. The molecule has 3 rings (SSSR count). The van der Waals surface area contributed by atoms with E-state index in [1.54, 1.807) is 0 Å². The van der Waals surface area contributed by atoms with Crippen LogP contribution in [0.3, 0.4) is 0 Å². The maximum atomic E-state index is 10.2. The molecule has 1 aliphatic rings. The first kappa shape index (κ1) is 18.6. The zero-order valence-corrected chi connectivity index (χ0v) is 15.6. The number of nitriles is 1. The summed E-state index contributed by atoms with van der Waals surface area (Å²) in [5.74, 6) is 0. The minimum absolute atomic E-state index is 0.513. The van der Waals surface area contributed by atoms with E-state index < -0.39 is 11.0 Å². The van der Waals surface area contributed by atoms with E-state index in [1.165, 1.54) is 0 Å². The quantitative estimate of drug-likeness (QED) is 0.854. The highest BCUT2D eigenvalue weighted by atomic mass is 16.3. The fourth-order valence-corrected chi connectivity index (χ4v) is 3.91. The van der Waals surface area contributed by atoms with Gasteiger partial charge >= 0.3 is 0 Å². The van der Waals surface area contributed by atoms with Gasteiger partial charge in [-0.3, -0.25) is 0 Å². The van der Waals surface area contributed by atoms with Gasteiger partial charge in [0.2, 0.25) is 0 Å². The van der Waals surface area contributed by atoms with Crippen LogP contribution in [-0.4, -0.2) is 35.2 Å². The van der Waals surface area contributed by atoms with Crippen LogP contribution in [-0.2, 0) is 5.41 Å². The van der Waals surface area contributed by atoms with Crippen molar-refractivity contribution in [1.82, 2.24) is 4.90 Å². The molecule has 0 bridgehead atoms. The number of hydrogen-bond acceptors (Lipinski definition) is 3. The van der Waals surface area contributed by atoms with Gasteiger partial charge in [0.25, 0.3) is 0 Å². The third-order valence-corrected chi connectivity index (χ3v) is 5.68. The Kier molecular flexibility index (Phi) is 5.76. The standard InChI is InChI=1S/C23H28N2O/c1-22(26)14-17-25(18-15-22)16-8-13-23(19-24,20-9-4-2-5-10-20)21-11-6-3-7-12-21/h2-7,9-12,26H,8,13-18H2,1H3. The molecule has 2 aromatic rings. The van der Waals surface area contributed by atoms with Gasteiger partial charge in [-0.05, 0) is 50.3 Å². The van der Waals surface area contributed by atoms with Gasteiger partial charge in [0.05, 0.1) is 11.7 Å². The maximum Gasteiger partial charge on any atom is 0.107 e. The molecule has 1 heterocycles. The molecule has 0 aromatic heterocycles. The number of nitrogens with zero attached hydrogens (tertiary/aromatic N) is 2. The van der Waals surface area contributed by atoms with Crippen LogP contribution in [0.15, 0.2) is 60.7 Å². The van der Waals surface area contributed by atoms with Crippen LogP contribution in [0.2, 0.25) is 0 Å². The summed E-state index contributed by atoms with van der Waals surface area (Å²) in [4.78, 5) is 2.41. The van der Waals surface area contributed by atoms with E-state index in [0.29, 0.717) is 0 Å². The summed E-state index contributed by atoms with van der Waals surface area (Å²) in [6.45, 7) is 4.77. The van der Waals surface area contributed by atoms with Gasteiger partial charge in [-0.1, -0.05) is 60.7 Å². The van der Waals surface area contributed by atoms with Gasteiger partial charge in [-0.15, -0.1) is 0 Å². The topological polar surface area (TPSA) is 47.3 Å². The molecular formula is C23H28N2O. The van der Waals surface area contributed by atoms with E-state index in [4.69, 9.17) is 0 Å². The molecule has 1 fully saturated rings. The molecule has 2 aromatic carbocycles.